The number of hydrogen-bond donors (Lipinski definition) is 3. The van der Waals surface area contributed by atoms with Gasteiger partial charge in [0.15, 0.2) is 0 Å². The summed E-state index contributed by atoms with van der Waals surface area (Å²) in [6.45, 7) is -0.168. The maximum absolute atomic E-state index is 11.7. The van der Waals surface area contributed by atoms with Gasteiger partial charge in [0, 0.05) is 5.56 Å². The minimum Gasteiger partial charge on any atom is -0.343 e. The van der Waals surface area contributed by atoms with E-state index in [1.165, 1.54) is 18.2 Å². The molecule has 1 aliphatic rings. The van der Waals surface area contributed by atoms with Gasteiger partial charge in [-0.1, -0.05) is 0 Å². The second-order valence-electron chi connectivity index (χ2n) is 4.19. The minimum atomic E-state index is -3.69. The lowest BCUT2D eigenvalue weighted by atomic mass is 10.1. The van der Waals surface area contributed by atoms with E-state index in [4.69, 9.17) is 0 Å². The van der Waals surface area contributed by atoms with Crippen LogP contribution in [0.25, 0.3) is 0 Å². The molecule has 0 saturated heterocycles. The van der Waals surface area contributed by atoms with Crippen molar-refractivity contribution >= 4 is 33.4 Å². The highest BCUT2D eigenvalue weighted by atomic mass is 32.2. The van der Waals surface area contributed by atoms with E-state index < -0.39 is 27.7 Å². The van der Waals surface area contributed by atoms with Crippen molar-refractivity contribution in [3.05, 3.63) is 29.3 Å². The zero-order chi connectivity index (χ0) is 14.9. The Hall–Kier alpha value is -2.42. The largest absolute Gasteiger partial charge is 0.343 e. The average Bonchev–Trinajstić information content (AvgIpc) is 2.46. The number of benzene rings is 1. The molecule has 2 rings (SSSR count). The minimum absolute atomic E-state index is 0.0178. The average molecular weight is 297 g/mol. The fourth-order valence-corrected chi connectivity index (χ4v) is 2.12. The molecule has 1 heterocycles. The highest BCUT2D eigenvalue weighted by Gasteiger charge is 2.21. The molecule has 0 aliphatic carbocycles. The monoisotopic (exact) mass is 297 g/mol. The molecule has 0 spiro atoms. The lowest BCUT2D eigenvalue weighted by molar-refractivity contribution is -0.115. The first-order valence-electron chi connectivity index (χ1n) is 5.50. The number of amides is 3. The number of nitrogens with one attached hydrogen (secondary N) is 3. The van der Waals surface area contributed by atoms with Crippen molar-refractivity contribution in [2.45, 2.75) is 0 Å². The van der Waals surface area contributed by atoms with Gasteiger partial charge in [0.05, 0.1) is 24.1 Å². The Morgan fingerprint density at radius 1 is 1.30 bits per heavy atom. The molecule has 1 aliphatic heterocycles. The Balaban J connectivity index is 2.38. The quantitative estimate of drug-likeness (QED) is 0.650. The van der Waals surface area contributed by atoms with Crippen LogP contribution in [0, 0.1) is 0 Å². The molecule has 20 heavy (non-hydrogen) atoms. The normalized spacial score (nSPS) is 14.7. The van der Waals surface area contributed by atoms with E-state index in [0.29, 0.717) is 0 Å². The number of carbonyl (C=O) groups excluding carboxylic acids is 3. The van der Waals surface area contributed by atoms with E-state index in [9.17, 15) is 22.8 Å². The van der Waals surface area contributed by atoms with E-state index in [2.05, 4.69) is 10.6 Å². The van der Waals surface area contributed by atoms with Crippen LogP contribution in [0.4, 0.5) is 5.69 Å². The van der Waals surface area contributed by atoms with Gasteiger partial charge < -0.3 is 10.6 Å². The van der Waals surface area contributed by atoms with E-state index in [1.807, 2.05) is 0 Å². The highest BCUT2D eigenvalue weighted by Crippen LogP contribution is 2.19. The molecule has 0 bridgehead atoms. The molecular formula is C11H11N3O5S. The molecular weight excluding hydrogens is 286 g/mol. The molecule has 8 nitrogen and oxygen atoms in total. The Morgan fingerprint density at radius 3 is 2.65 bits per heavy atom. The van der Waals surface area contributed by atoms with Gasteiger partial charge in [-0.3, -0.25) is 14.4 Å². The van der Waals surface area contributed by atoms with Crippen molar-refractivity contribution in [1.82, 2.24) is 10.0 Å². The molecule has 0 radical (unpaired) electrons. The van der Waals surface area contributed by atoms with Crippen LogP contribution in [0.3, 0.4) is 0 Å². The third-order valence-corrected chi connectivity index (χ3v) is 3.04. The van der Waals surface area contributed by atoms with Crippen LogP contribution in [-0.2, 0) is 14.8 Å². The molecule has 9 heteroatoms. The second-order valence-corrected chi connectivity index (χ2v) is 5.94. The van der Waals surface area contributed by atoms with E-state index in [1.54, 1.807) is 4.72 Å². The Morgan fingerprint density at radius 2 is 2.00 bits per heavy atom. The molecule has 3 amide bonds. The maximum Gasteiger partial charge on any atom is 0.264 e. The van der Waals surface area contributed by atoms with Crippen LogP contribution in [0.1, 0.15) is 20.7 Å². The molecule has 3 N–H and O–H groups in total. The first-order valence-corrected chi connectivity index (χ1v) is 7.39. The molecule has 0 unspecified atom stereocenters. The van der Waals surface area contributed by atoms with Crippen molar-refractivity contribution in [3.8, 4) is 0 Å². The van der Waals surface area contributed by atoms with Gasteiger partial charge in [-0.05, 0) is 18.2 Å². The van der Waals surface area contributed by atoms with Gasteiger partial charge >= 0.3 is 0 Å². The summed E-state index contributed by atoms with van der Waals surface area (Å²) in [5.41, 5.74) is 0.377. The van der Waals surface area contributed by atoms with Crippen molar-refractivity contribution < 1.29 is 22.8 Å². The molecule has 0 atom stereocenters. The maximum atomic E-state index is 11.7. The first kappa shape index (κ1) is 14.0. The summed E-state index contributed by atoms with van der Waals surface area (Å²) >= 11 is 0. The summed E-state index contributed by atoms with van der Waals surface area (Å²) in [7, 11) is -3.69. The van der Waals surface area contributed by atoms with Crippen LogP contribution in [0.5, 0.6) is 0 Å². The molecule has 1 aromatic carbocycles. The van der Waals surface area contributed by atoms with Gasteiger partial charge in [-0.15, -0.1) is 0 Å². The number of anilines is 1. The molecule has 0 fully saturated rings. The van der Waals surface area contributed by atoms with Gasteiger partial charge in [-0.25, -0.2) is 13.1 Å². The summed E-state index contributed by atoms with van der Waals surface area (Å²) in [6.07, 6.45) is 0.851. The first-order chi connectivity index (χ1) is 9.26. The summed E-state index contributed by atoms with van der Waals surface area (Å²) in [6, 6.07) is 3.89. The van der Waals surface area contributed by atoms with Crippen LogP contribution in [0.2, 0.25) is 0 Å². The molecule has 106 valence electrons. The number of sulfonamides is 1. The highest BCUT2D eigenvalue weighted by molar-refractivity contribution is 7.89. The van der Waals surface area contributed by atoms with Crippen LogP contribution < -0.4 is 15.4 Å². The van der Waals surface area contributed by atoms with Crippen LogP contribution in [0.15, 0.2) is 18.2 Å². The van der Waals surface area contributed by atoms with E-state index in [-0.39, 0.29) is 23.4 Å². The predicted molar refractivity (Wildman–Crippen MR) is 69.7 cm³/mol. The number of hydrogen-bond acceptors (Lipinski definition) is 5. The zero-order valence-electron chi connectivity index (χ0n) is 10.4. The van der Waals surface area contributed by atoms with E-state index >= 15 is 0 Å². The third kappa shape index (κ3) is 3.12. The summed E-state index contributed by atoms with van der Waals surface area (Å²) < 4.78 is 23.8. The standard InChI is InChI=1S/C11H11N3O5S/c1-20(18,19)14-10(16)6-2-3-7-8(4-6)13-9(15)5-12-11(7)17/h2-4H,5H2,1H3,(H,12,17)(H,13,15)(H,14,16). The fourth-order valence-electron chi connectivity index (χ4n) is 1.66. The van der Waals surface area contributed by atoms with Gasteiger partial charge in [0.25, 0.3) is 11.8 Å². The lowest BCUT2D eigenvalue weighted by Crippen LogP contribution is -2.29. The van der Waals surface area contributed by atoms with Crippen molar-refractivity contribution in [3.63, 3.8) is 0 Å². The van der Waals surface area contributed by atoms with Crippen molar-refractivity contribution in [2.75, 3.05) is 18.1 Å². The molecule has 0 aromatic heterocycles. The second kappa shape index (κ2) is 4.93. The Labute approximate surface area is 114 Å². The third-order valence-electron chi connectivity index (χ3n) is 2.49. The summed E-state index contributed by atoms with van der Waals surface area (Å²) in [5, 5.41) is 4.85. The van der Waals surface area contributed by atoms with Crippen LogP contribution >= 0.6 is 0 Å². The predicted octanol–water partition coefficient (Wildman–Crippen LogP) is -0.942. The van der Waals surface area contributed by atoms with Crippen molar-refractivity contribution in [1.29, 1.82) is 0 Å². The SMILES string of the molecule is CS(=O)(=O)NC(=O)c1ccc2c(c1)NC(=O)CNC2=O. The molecule has 1 aromatic rings. The number of carbonyl (C=O) groups is 3. The fraction of sp³-hybridized carbons (Fsp3) is 0.182. The van der Waals surface area contributed by atoms with Gasteiger partial charge in [0.2, 0.25) is 15.9 Å². The number of rotatable bonds is 2. The zero-order valence-corrected chi connectivity index (χ0v) is 11.2. The summed E-state index contributed by atoms with van der Waals surface area (Å²) in [5.74, 6) is -1.72. The van der Waals surface area contributed by atoms with Crippen LogP contribution in [-0.4, -0.2) is 38.9 Å². The van der Waals surface area contributed by atoms with E-state index in [0.717, 1.165) is 6.26 Å². The molecule has 0 saturated carbocycles. The number of fused-ring (bicyclic) bond motifs is 1. The Kier molecular flexibility index (Phi) is 3.45. The Bertz CT molecular complexity index is 711. The lowest BCUT2D eigenvalue weighted by Gasteiger charge is -2.08. The van der Waals surface area contributed by atoms with Crippen molar-refractivity contribution in [2.24, 2.45) is 0 Å². The smallest absolute Gasteiger partial charge is 0.264 e. The van der Waals surface area contributed by atoms with Gasteiger partial charge in [-0.2, -0.15) is 0 Å². The van der Waals surface area contributed by atoms with Gasteiger partial charge in [0.1, 0.15) is 0 Å². The topological polar surface area (TPSA) is 121 Å². The summed E-state index contributed by atoms with van der Waals surface area (Å²) in [4.78, 5) is 34.7.